The molecule has 0 aliphatic carbocycles. The van der Waals surface area contributed by atoms with Crippen molar-refractivity contribution in [2.45, 2.75) is 39.0 Å². The minimum absolute atomic E-state index is 0.574. The van der Waals surface area contributed by atoms with Gasteiger partial charge in [0, 0.05) is 24.8 Å². The molecule has 92 valence electrons. The summed E-state index contributed by atoms with van der Waals surface area (Å²) < 4.78 is 2.17. The lowest BCUT2D eigenvalue weighted by Gasteiger charge is -2.17. The van der Waals surface area contributed by atoms with Crippen molar-refractivity contribution in [3.63, 3.8) is 0 Å². The second-order valence-corrected chi connectivity index (χ2v) is 5.17. The summed E-state index contributed by atoms with van der Waals surface area (Å²) in [6, 6.07) is 8.37. The highest BCUT2D eigenvalue weighted by Crippen LogP contribution is 2.19. The monoisotopic (exact) mass is 232 g/mol. The second-order valence-electron chi connectivity index (χ2n) is 5.17. The molecule has 0 unspecified atom stereocenters. The van der Waals surface area contributed by atoms with Gasteiger partial charge in [0.25, 0.3) is 0 Å². The van der Waals surface area contributed by atoms with Crippen LogP contribution in [0.2, 0.25) is 0 Å². The molecule has 0 aliphatic heterocycles. The van der Waals surface area contributed by atoms with Crippen LogP contribution in [0.5, 0.6) is 0 Å². The number of aryl methyl sites for hydroxylation is 1. The largest absolute Gasteiger partial charge is 0.390 e. The molecule has 0 fully saturated rings. The van der Waals surface area contributed by atoms with Crippen molar-refractivity contribution in [1.29, 1.82) is 0 Å². The van der Waals surface area contributed by atoms with Gasteiger partial charge in [0.1, 0.15) is 0 Å². The SMILES string of the molecule is CC(C)(O)CCn1ccc2cc(CN)ccc21. The fourth-order valence-electron chi connectivity index (χ4n) is 1.97. The zero-order chi connectivity index (χ0) is 12.5. The lowest BCUT2D eigenvalue weighted by molar-refractivity contribution is 0.0666. The van der Waals surface area contributed by atoms with Crippen molar-refractivity contribution in [3.05, 3.63) is 36.0 Å². The zero-order valence-corrected chi connectivity index (χ0v) is 10.5. The van der Waals surface area contributed by atoms with Crippen LogP contribution < -0.4 is 5.73 Å². The maximum absolute atomic E-state index is 9.74. The van der Waals surface area contributed by atoms with Gasteiger partial charge >= 0.3 is 0 Å². The van der Waals surface area contributed by atoms with Gasteiger partial charge in [0.05, 0.1) is 5.60 Å². The molecule has 3 nitrogen and oxygen atoms in total. The predicted octanol–water partition coefficient (Wildman–Crippen LogP) is 2.26. The molecule has 0 bridgehead atoms. The Morgan fingerprint density at radius 1 is 1.29 bits per heavy atom. The predicted molar refractivity (Wildman–Crippen MR) is 70.7 cm³/mol. The van der Waals surface area contributed by atoms with Crippen LogP contribution in [0, 0.1) is 0 Å². The molecule has 1 aromatic heterocycles. The van der Waals surface area contributed by atoms with Gasteiger partial charge in [-0.1, -0.05) is 6.07 Å². The highest BCUT2D eigenvalue weighted by molar-refractivity contribution is 5.80. The minimum Gasteiger partial charge on any atom is -0.390 e. The molecule has 2 rings (SSSR count). The first-order chi connectivity index (χ1) is 7.99. The van der Waals surface area contributed by atoms with Gasteiger partial charge in [-0.15, -0.1) is 0 Å². The van der Waals surface area contributed by atoms with Crippen molar-refractivity contribution in [2.75, 3.05) is 0 Å². The van der Waals surface area contributed by atoms with Crippen LogP contribution in [0.1, 0.15) is 25.8 Å². The van der Waals surface area contributed by atoms with Crippen LogP contribution in [0.15, 0.2) is 30.5 Å². The Kier molecular flexibility index (Phi) is 3.22. The molecule has 17 heavy (non-hydrogen) atoms. The van der Waals surface area contributed by atoms with Crippen LogP contribution in [0.25, 0.3) is 10.9 Å². The Hall–Kier alpha value is -1.32. The lowest BCUT2D eigenvalue weighted by atomic mass is 10.1. The maximum Gasteiger partial charge on any atom is 0.0608 e. The highest BCUT2D eigenvalue weighted by Gasteiger charge is 2.12. The first-order valence-electron chi connectivity index (χ1n) is 6.00. The molecule has 1 aromatic carbocycles. The van der Waals surface area contributed by atoms with Crippen LogP contribution in [-0.2, 0) is 13.1 Å². The van der Waals surface area contributed by atoms with E-state index in [2.05, 4.69) is 35.0 Å². The number of rotatable bonds is 4. The number of nitrogens with zero attached hydrogens (tertiary/aromatic N) is 1. The van der Waals surface area contributed by atoms with Crippen LogP contribution in [0.3, 0.4) is 0 Å². The fraction of sp³-hybridized carbons (Fsp3) is 0.429. The molecular weight excluding hydrogens is 212 g/mol. The van der Waals surface area contributed by atoms with Crippen LogP contribution in [0.4, 0.5) is 0 Å². The average Bonchev–Trinajstić information content (AvgIpc) is 2.67. The first-order valence-corrected chi connectivity index (χ1v) is 6.00. The number of hydrogen-bond acceptors (Lipinski definition) is 2. The third kappa shape index (κ3) is 2.87. The zero-order valence-electron chi connectivity index (χ0n) is 10.5. The van der Waals surface area contributed by atoms with E-state index in [0.717, 1.165) is 18.5 Å². The van der Waals surface area contributed by atoms with E-state index in [1.807, 2.05) is 13.8 Å². The molecular formula is C14H20N2O. The van der Waals surface area contributed by atoms with Gasteiger partial charge in [-0.2, -0.15) is 0 Å². The summed E-state index contributed by atoms with van der Waals surface area (Å²) in [4.78, 5) is 0. The third-order valence-electron chi connectivity index (χ3n) is 3.04. The van der Waals surface area contributed by atoms with E-state index in [1.54, 1.807) is 0 Å². The van der Waals surface area contributed by atoms with Gasteiger partial charge in [-0.05, 0) is 49.4 Å². The van der Waals surface area contributed by atoms with Gasteiger partial charge in [0.2, 0.25) is 0 Å². The summed E-state index contributed by atoms with van der Waals surface area (Å²) in [7, 11) is 0. The summed E-state index contributed by atoms with van der Waals surface area (Å²) in [6.07, 6.45) is 2.81. The van der Waals surface area contributed by atoms with Crippen LogP contribution >= 0.6 is 0 Å². The Morgan fingerprint density at radius 3 is 2.71 bits per heavy atom. The molecule has 0 saturated carbocycles. The standard InChI is InChI=1S/C14H20N2O/c1-14(2,17)6-8-16-7-5-12-9-11(10-15)3-4-13(12)16/h3-5,7,9,17H,6,8,10,15H2,1-2H3. The summed E-state index contributed by atoms with van der Waals surface area (Å²) in [5, 5.41) is 11.0. The van der Waals surface area contributed by atoms with E-state index in [9.17, 15) is 5.11 Å². The van der Waals surface area contributed by atoms with E-state index in [1.165, 1.54) is 10.9 Å². The topological polar surface area (TPSA) is 51.2 Å². The van der Waals surface area contributed by atoms with E-state index in [0.29, 0.717) is 6.54 Å². The number of hydrogen-bond donors (Lipinski definition) is 2. The molecule has 2 aromatic rings. The molecule has 0 amide bonds. The van der Waals surface area contributed by atoms with E-state index in [4.69, 9.17) is 5.73 Å². The minimum atomic E-state index is -0.617. The lowest BCUT2D eigenvalue weighted by Crippen LogP contribution is -2.20. The molecule has 0 aliphatic rings. The molecule has 0 spiro atoms. The second kappa shape index (κ2) is 4.51. The number of benzene rings is 1. The Labute approximate surface area is 102 Å². The van der Waals surface area contributed by atoms with E-state index in [-0.39, 0.29) is 0 Å². The highest BCUT2D eigenvalue weighted by atomic mass is 16.3. The fourth-order valence-corrected chi connectivity index (χ4v) is 1.97. The van der Waals surface area contributed by atoms with Crippen molar-refractivity contribution >= 4 is 10.9 Å². The van der Waals surface area contributed by atoms with Gasteiger partial charge < -0.3 is 15.4 Å². The summed E-state index contributed by atoms with van der Waals surface area (Å²) in [5.74, 6) is 0. The number of nitrogens with two attached hydrogens (primary N) is 1. The first kappa shape index (κ1) is 12.1. The number of aromatic nitrogens is 1. The smallest absolute Gasteiger partial charge is 0.0608 e. The maximum atomic E-state index is 9.74. The third-order valence-corrected chi connectivity index (χ3v) is 3.04. The van der Waals surface area contributed by atoms with Crippen molar-refractivity contribution in [2.24, 2.45) is 5.73 Å². The molecule has 3 heteroatoms. The number of fused-ring (bicyclic) bond motifs is 1. The molecule has 1 heterocycles. The summed E-state index contributed by atoms with van der Waals surface area (Å²) in [5.41, 5.74) is 7.36. The van der Waals surface area contributed by atoms with E-state index >= 15 is 0 Å². The summed E-state index contributed by atoms with van der Waals surface area (Å²) >= 11 is 0. The van der Waals surface area contributed by atoms with Gasteiger partial charge in [-0.25, -0.2) is 0 Å². The van der Waals surface area contributed by atoms with Gasteiger partial charge in [0.15, 0.2) is 0 Å². The molecule has 3 N–H and O–H groups in total. The normalized spacial score (nSPS) is 12.2. The van der Waals surface area contributed by atoms with Crippen molar-refractivity contribution in [1.82, 2.24) is 4.57 Å². The quantitative estimate of drug-likeness (QED) is 0.849. The molecule has 0 saturated heterocycles. The average molecular weight is 232 g/mol. The molecule has 0 atom stereocenters. The Morgan fingerprint density at radius 2 is 2.06 bits per heavy atom. The van der Waals surface area contributed by atoms with Gasteiger partial charge in [-0.3, -0.25) is 0 Å². The summed E-state index contributed by atoms with van der Waals surface area (Å²) in [6.45, 7) is 5.08. The Balaban J connectivity index is 2.24. The van der Waals surface area contributed by atoms with Crippen molar-refractivity contribution < 1.29 is 5.11 Å². The van der Waals surface area contributed by atoms with Crippen LogP contribution in [-0.4, -0.2) is 15.3 Å². The molecule has 0 radical (unpaired) electrons. The van der Waals surface area contributed by atoms with Crippen molar-refractivity contribution in [3.8, 4) is 0 Å². The Bertz CT molecular complexity index is 508. The van der Waals surface area contributed by atoms with E-state index < -0.39 is 5.60 Å². The number of aliphatic hydroxyl groups is 1.